The molecule has 138 valence electrons. The predicted octanol–water partition coefficient (Wildman–Crippen LogP) is 2.04. The summed E-state index contributed by atoms with van der Waals surface area (Å²) in [5.74, 6) is 1.77. The van der Waals surface area contributed by atoms with Crippen molar-refractivity contribution >= 4 is 5.96 Å². The monoisotopic (exact) mass is 347 g/mol. The number of nitrogens with one attached hydrogen (secondary N) is 2. The van der Waals surface area contributed by atoms with E-state index in [1.54, 1.807) is 13.4 Å². The first-order valence-electron chi connectivity index (χ1n) is 8.72. The second-order valence-corrected chi connectivity index (χ2v) is 5.82. The third-order valence-corrected chi connectivity index (χ3v) is 4.02. The Balaban J connectivity index is 1.96. The highest BCUT2D eigenvalue weighted by Gasteiger charge is 2.11. The van der Waals surface area contributed by atoms with Gasteiger partial charge in [-0.15, -0.1) is 0 Å². The Bertz CT molecular complexity index is 661. The van der Waals surface area contributed by atoms with Crippen LogP contribution in [0, 0.1) is 13.8 Å². The van der Waals surface area contributed by atoms with Crippen molar-refractivity contribution in [1.29, 1.82) is 0 Å². The van der Waals surface area contributed by atoms with E-state index < -0.39 is 0 Å². The van der Waals surface area contributed by atoms with E-state index in [4.69, 9.17) is 14.1 Å². The van der Waals surface area contributed by atoms with Gasteiger partial charge in [-0.25, -0.2) is 4.99 Å². The first-order chi connectivity index (χ1) is 12.2. The molecule has 2 heterocycles. The van der Waals surface area contributed by atoms with Gasteiger partial charge in [-0.05, 0) is 32.9 Å². The largest absolute Gasteiger partial charge is 0.469 e. The lowest BCUT2D eigenvalue weighted by atomic mass is 10.2. The molecule has 0 spiro atoms. The van der Waals surface area contributed by atoms with Crippen LogP contribution in [-0.4, -0.2) is 42.5 Å². The standard InChI is InChI=1S/C18H29N5O2/c1-5-19-18(20-9-8-16-7-6-11-25-16)21-13-17-14(2)22-23(15(17)3)10-12-24-4/h6-7,11H,5,8-10,12-13H2,1-4H3,(H2,19,20,21). The quantitative estimate of drug-likeness (QED) is 0.536. The van der Waals surface area contributed by atoms with Crippen LogP contribution in [0.4, 0.5) is 0 Å². The van der Waals surface area contributed by atoms with Gasteiger partial charge in [0, 0.05) is 37.9 Å². The summed E-state index contributed by atoms with van der Waals surface area (Å²) in [7, 11) is 1.70. The Hall–Kier alpha value is -2.28. The van der Waals surface area contributed by atoms with Crippen LogP contribution in [0.5, 0.6) is 0 Å². The number of rotatable bonds is 9. The van der Waals surface area contributed by atoms with Gasteiger partial charge in [0.15, 0.2) is 5.96 Å². The number of hydrogen-bond donors (Lipinski definition) is 2. The van der Waals surface area contributed by atoms with Crippen molar-refractivity contribution in [3.05, 3.63) is 41.1 Å². The first kappa shape index (κ1) is 19.1. The molecular formula is C18H29N5O2. The molecule has 0 atom stereocenters. The van der Waals surface area contributed by atoms with E-state index in [1.165, 1.54) is 5.56 Å². The molecule has 2 N–H and O–H groups in total. The van der Waals surface area contributed by atoms with Crippen molar-refractivity contribution in [1.82, 2.24) is 20.4 Å². The number of methoxy groups -OCH3 is 1. The molecule has 0 aliphatic rings. The number of aliphatic imine (C=N–C) groups is 1. The molecule has 0 amide bonds. The van der Waals surface area contributed by atoms with Crippen molar-refractivity contribution in [2.45, 2.75) is 40.3 Å². The predicted molar refractivity (Wildman–Crippen MR) is 98.8 cm³/mol. The summed E-state index contributed by atoms with van der Waals surface area (Å²) in [6, 6.07) is 3.88. The van der Waals surface area contributed by atoms with Gasteiger partial charge in [-0.2, -0.15) is 5.10 Å². The fourth-order valence-electron chi connectivity index (χ4n) is 2.62. The van der Waals surface area contributed by atoms with Crippen molar-refractivity contribution in [3.63, 3.8) is 0 Å². The van der Waals surface area contributed by atoms with Crippen molar-refractivity contribution < 1.29 is 9.15 Å². The minimum Gasteiger partial charge on any atom is -0.469 e. The van der Waals surface area contributed by atoms with Crippen LogP contribution < -0.4 is 10.6 Å². The molecule has 2 rings (SSSR count). The van der Waals surface area contributed by atoms with Gasteiger partial charge >= 0.3 is 0 Å². The molecular weight excluding hydrogens is 318 g/mol. The van der Waals surface area contributed by atoms with E-state index >= 15 is 0 Å². The molecule has 0 radical (unpaired) electrons. The number of ether oxygens (including phenoxy) is 1. The lowest BCUT2D eigenvalue weighted by Crippen LogP contribution is -2.38. The molecule has 25 heavy (non-hydrogen) atoms. The summed E-state index contributed by atoms with van der Waals surface area (Å²) in [5, 5.41) is 11.2. The number of aryl methyl sites for hydroxylation is 1. The van der Waals surface area contributed by atoms with Gasteiger partial charge in [-0.1, -0.05) is 0 Å². The Morgan fingerprint density at radius 3 is 2.88 bits per heavy atom. The molecule has 0 unspecified atom stereocenters. The van der Waals surface area contributed by atoms with E-state index in [2.05, 4.69) is 29.6 Å². The third kappa shape index (κ3) is 5.63. The normalized spacial score (nSPS) is 11.8. The summed E-state index contributed by atoms with van der Waals surface area (Å²) < 4.78 is 12.5. The maximum atomic E-state index is 5.35. The number of furan rings is 1. The number of hydrogen-bond acceptors (Lipinski definition) is 4. The Morgan fingerprint density at radius 2 is 2.20 bits per heavy atom. The highest BCUT2D eigenvalue weighted by atomic mass is 16.5. The van der Waals surface area contributed by atoms with Crippen LogP contribution in [-0.2, 0) is 24.2 Å². The molecule has 0 fully saturated rings. The average Bonchev–Trinajstić information content (AvgIpc) is 3.20. The number of aromatic nitrogens is 2. The Kier molecular flexibility index (Phi) is 7.53. The second-order valence-electron chi connectivity index (χ2n) is 5.82. The van der Waals surface area contributed by atoms with Gasteiger partial charge in [0.2, 0.25) is 0 Å². The van der Waals surface area contributed by atoms with Crippen molar-refractivity contribution in [3.8, 4) is 0 Å². The summed E-state index contributed by atoms with van der Waals surface area (Å²) in [5.41, 5.74) is 3.33. The van der Waals surface area contributed by atoms with Gasteiger partial charge in [-0.3, -0.25) is 4.68 Å². The molecule has 0 bridgehead atoms. The smallest absolute Gasteiger partial charge is 0.191 e. The van der Waals surface area contributed by atoms with Gasteiger partial charge in [0.25, 0.3) is 0 Å². The molecule has 7 heteroatoms. The third-order valence-electron chi connectivity index (χ3n) is 4.02. The van der Waals surface area contributed by atoms with Gasteiger partial charge < -0.3 is 19.8 Å². The zero-order valence-electron chi connectivity index (χ0n) is 15.6. The molecule has 0 aliphatic heterocycles. The van der Waals surface area contributed by atoms with Crippen LogP contribution >= 0.6 is 0 Å². The lowest BCUT2D eigenvalue weighted by Gasteiger charge is -2.11. The summed E-state index contributed by atoms with van der Waals surface area (Å²) in [4.78, 5) is 4.70. The molecule has 2 aromatic heterocycles. The second kappa shape index (κ2) is 9.88. The summed E-state index contributed by atoms with van der Waals surface area (Å²) in [6.07, 6.45) is 2.52. The van der Waals surface area contributed by atoms with E-state index in [0.29, 0.717) is 13.2 Å². The fraction of sp³-hybridized carbons (Fsp3) is 0.556. The summed E-state index contributed by atoms with van der Waals surface area (Å²) in [6.45, 7) is 9.76. The van der Waals surface area contributed by atoms with E-state index in [9.17, 15) is 0 Å². The Labute approximate surface area is 149 Å². The minimum atomic E-state index is 0.598. The molecule has 7 nitrogen and oxygen atoms in total. The van der Waals surface area contributed by atoms with Gasteiger partial charge in [0.05, 0.1) is 31.7 Å². The molecule has 2 aromatic rings. The topological polar surface area (TPSA) is 76.6 Å². The van der Waals surface area contributed by atoms with Crippen LogP contribution in [0.3, 0.4) is 0 Å². The Morgan fingerprint density at radius 1 is 1.36 bits per heavy atom. The number of guanidine groups is 1. The average molecular weight is 347 g/mol. The zero-order valence-corrected chi connectivity index (χ0v) is 15.6. The van der Waals surface area contributed by atoms with Crippen molar-refractivity contribution in [2.75, 3.05) is 26.8 Å². The highest BCUT2D eigenvalue weighted by molar-refractivity contribution is 5.79. The molecule has 0 aromatic carbocycles. The molecule has 0 saturated carbocycles. The minimum absolute atomic E-state index is 0.598. The number of nitrogens with zero attached hydrogens (tertiary/aromatic N) is 3. The maximum Gasteiger partial charge on any atom is 0.191 e. The lowest BCUT2D eigenvalue weighted by molar-refractivity contribution is 0.182. The van der Waals surface area contributed by atoms with Crippen LogP contribution in [0.15, 0.2) is 27.8 Å². The first-order valence-corrected chi connectivity index (χ1v) is 8.72. The van der Waals surface area contributed by atoms with E-state index in [0.717, 1.165) is 49.2 Å². The van der Waals surface area contributed by atoms with Gasteiger partial charge in [0.1, 0.15) is 5.76 Å². The SMILES string of the molecule is CCNC(=NCc1c(C)nn(CCOC)c1C)NCCc1ccco1. The molecule has 0 saturated heterocycles. The maximum absolute atomic E-state index is 5.35. The van der Waals surface area contributed by atoms with Crippen LogP contribution in [0.2, 0.25) is 0 Å². The fourth-order valence-corrected chi connectivity index (χ4v) is 2.62. The van der Waals surface area contributed by atoms with E-state index in [1.807, 2.05) is 23.7 Å². The van der Waals surface area contributed by atoms with Crippen LogP contribution in [0.25, 0.3) is 0 Å². The highest BCUT2D eigenvalue weighted by Crippen LogP contribution is 2.14. The van der Waals surface area contributed by atoms with Crippen LogP contribution in [0.1, 0.15) is 29.6 Å². The molecule has 0 aliphatic carbocycles. The van der Waals surface area contributed by atoms with E-state index in [-0.39, 0.29) is 0 Å². The zero-order chi connectivity index (χ0) is 18.1. The van der Waals surface area contributed by atoms with Crippen molar-refractivity contribution in [2.24, 2.45) is 4.99 Å². The summed E-state index contributed by atoms with van der Waals surface area (Å²) >= 11 is 0.